The molecule has 0 heterocycles. The SMILES string of the molecule is C=CC(=O)Oc1ccc(N(c2ccc(N(c3ccc(OC(=O)C=C)cc3)c3cccc(N(c4ccccc4)c4ccc(CCCC)cc4)c3)cc2)c2cccc(N(c3ccccc3)c3ccc(CCCC)cc3)c2)cc1. The normalized spacial score (nSPS) is 10.8. The van der Waals surface area contributed by atoms with Crippen molar-refractivity contribution >= 4 is 80.2 Å². The van der Waals surface area contributed by atoms with Crippen LogP contribution in [-0.4, -0.2) is 11.9 Å². The lowest BCUT2D eigenvalue weighted by molar-refractivity contribution is -0.129. The van der Waals surface area contributed by atoms with E-state index >= 15 is 0 Å². The van der Waals surface area contributed by atoms with Gasteiger partial charge in [-0.1, -0.05) is 113 Å². The molecule has 378 valence electrons. The highest BCUT2D eigenvalue weighted by atomic mass is 16.5. The molecule has 0 N–H and O–H groups in total. The Bertz CT molecular complexity index is 3120. The Morgan fingerprint density at radius 1 is 0.342 bits per heavy atom. The molecule has 0 unspecified atom stereocenters. The van der Waals surface area contributed by atoms with Gasteiger partial charge in [-0.2, -0.15) is 0 Å². The summed E-state index contributed by atoms with van der Waals surface area (Å²) >= 11 is 0. The topological polar surface area (TPSA) is 65.6 Å². The molecule has 0 spiro atoms. The van der Waals surface area contributed by atoms with Crippen LogP contribution in [0.15, 0.2) is 256 Å². The van der Waals surface area contributed by atoms with Gasteiger partial charge in [0.25, 0.3) is 0 Å². The Morgan fingerprint density at radius 3 is 0.868 bits per heavy atom. The summed E-state index contributed by atoms with van der Waals surface area (Å²) in [7, 11) is 0. The Hall–Kier alpha value is -9.40. The molecule has 0 saturated heterocycles. The summed E-state index contributed by atoms with van der Waals surface area (Å²) < 4.78 is 11.0. The van der Waals surface area contributed by atoms with E-state index in [-0.39, 0.29) is 0 Å². The van der Waals surface area contributed by atoms with Crippen LogP contribution in [0.4, 0.5) is 68.2 Å². The Labute approximate surface area is 447 Å². The number of carbonyl (C=O) groups excluding carboxylic acids is 2. The first-order valence-corrected chi connectivity index (χ1v) is 26.0. The molecular weight excluding hydrogens is 937 g/mol. The van der Waals surface area contributed by atoms with Crippen molar-refractivity contribution in [1.82, 2.24) is 0 Å². The number of nitrogens with zero attached hydrogens (tertiary/aromatic N) is 4. The lowest BCUT2D eigenvalue weighted by atomic mass is 10.1. The van der Waals surface area contributed by atoms with Crippen LogP contribution in [0.2, 0.25) is 0 Å². The van der Waals surface area contributed by atoms with E-state index in [1.807, 2.05) is 36.4 Å². The first-order chi connectivity index (χ1) is 37.3. The Morgan fingerprint density at radius 2 is 0.592 bits per heavy atom. The molecule has 0 amide bonds. The quantitative estimate of drug-likeness (QED) is 0.0378. The van der Waals surface area contributed by atoms with E-state index in [0.717, 1.165) is 119 Å². The minimum Gasteiger partial charge on any atom is -0.423 e. The van der Waals surface area contributed by atoms with Crippen LogP contribution in [0, 0.1) is 0 Å². The number of ether oxygens (including phenoxy) is 2. The van der Waals surface area contributed by atoms with Gasteiger partial charge in [0.05, 0.1) is 0 Å². The summed E-state index contributed by atoms with van der Waals surface area (Å²) in [6.07, 6.45) is 8.98. The molecule has 0 saturated carbocycles. The molecule has 8 nitrogen and oxygen atoms in total. The number of unbranched alkanes of at least 4 members (excludes halogenated alkanes) is 2. The molecule has 0 bridgehead atoms. The average molecular weight is 999 g/mol. The van der Waals surface area contributed by atoms with E-state index < -0.39 is 11.9 Å². The second kappa shape index (κ2) is 25.0. The Balaban J connectivity index is 1.14. The highest BCUT2D eigenvalue weighted by Gasteiger charge is 2.21. The van der Waals surface area contributed by atoms with Crippen molar-refractivity contribution in [2.45, 2.75) is 52.4 Å². The van der Waals surface area contributed by atoms with Crippen LogP contribution in [-0.2, 0) is 22.4 Å². The number of carbonyl (C=O) groups is 2. The van der Waals surface area contributed by atoms with E-state index in [9.17, 15) is 9.59 Å². The fourth-order valence-corrected chi connectivity index (χ4v) is 9.26. The molecule has 0 atom stereocenters. The van der Waals surface area contributed by atoms with Gasteiger partial charge in [-0.05, 0) is 195 Å². The zero-order valence-corrected chi connectivity index (χ0v) is 43.2. The smallest absolute Gasteiger partial charge is 0.335 e. The van der Waals surface area contributed by atoms with Crippen molar-refractivity contribution in [3.8, 4) is 11.5 Å². The number of esters is 2. The average Bonchev–Trinajstić information content (AvgIpc) is 3.47. The molecule has 0 radical (unpaired) electrons. The number of hydrogen-bond donors (Lipinski definition) is 0. The number of para-hydroxylation sites is 2. The summed E-state index contributed by atoms with van der Waals surface area (Å²) in [5.41, 5.74) is 14.1. The predicted octanol–water partition coefficient (Wildman–Crippen LogP) is 18.4. The van der Waals surface area contributed by atoms with Crippen molar-refractivity contribution < 1.29 is 19.1 Å². The highest BCUT2D eigenvalue weighted by Crippen LogP contribution is 2.44. The van der Waals surface area contributed by atoms with Crippen LogP contribution < -0.4 is 29.1 Å². The lowest BCUT2D eigenvalue weighted by Gasteiger charge is -2.31. The van der Waals surface area contributed by atoms with Crippen LogP contribution in [0.25, 0.3) is 0 Å². The fraction of sp³-hybridized carbons (Fsp3) is 0.118. The number of aryl methyl sites for hydroxylation is 2. The van der Waals surface area contributed by atoms with E-state index in [0.29, 0.717) is 11.5 Å². The third-order valence-electron chi connectivity index (χ3n) is 13.1. The summed E-state index contributed by atoms with van der Waals surface area (Å²) in [5.74, 6) is -0.236. The van der Waals surface area contributed by atoms with Crippen molar-refractivity contribution in [1.29, 1.82) is 0 Å². The number of hydrogen-bond acceptors (Lipinski definition) is 8. The minimum absolute atomic E-state index is 0.410. The summed E-state index contributed by atoms with van der Waals surface area (Å²) in [6, 6.07) is 79.1. The minimum atomic E-state index is -0.529. The zero-order valence-electron chi connectivity index (χ0n) is 43.2. The van der Waals surface area contributed by atoms with Gasteiger partial charge in [-0.25, -0.2) is 9.59 Å². The van der Waals surface area contributed by atoms with E-state index in [1.165, 1.54) is 11.1 Å². The Kier molecular flexibility index (Phi) is 17.0. The first-order valence-electron chi connectivity index (χ1n) is 26.0. The largest absolute Gasteiger partial charge is 0.423 e. The molecule has 9 aromatic rings. The van der Waals surface area contributed by atoms with Crippen molar-refractivity contribution in [3.05, 3.63) is 267 Å². The lowest BCUT2D eigenvalue weighted by Crippen LogP contribution is -2.14. The first kappa shape index (κ1) is 51.5. The van der Waals surface area contributed by atoms with Crippen LogP contribution in [0.1, 0.15) is 50.7 Å². The molecule has 0 aliphatic rings. The molecule has 76 heavy (non-hydrogen) atoms. The molecule has 9 rings (SSSR count). The fourth-order valence-electron chi connectivity index (χ4n) is 9.26. The number of benzene rings is 9. The second-order valence-corrected chi connectivity index (χ2v) is 18.3. The maximum absolute atomic E-state index is 12.2. The second-order valence-electron chi connectivity index (χ2n) is 18.3. The summed E-state index contributed by atoms with van der Waals surface area (Å²) in [6.45, 7) is 11.6. The van der Waals surface area contributed by atoms with E-state index in [1.54, 1.807) is 24.3 Å². The third kappa shape index (κ3) is 12.5. The van der Waals surface area contributed by atoms with Gasteiger partial charge >= 0.3 is 11.9 Å². The molecule has 0 fully saturated rings. The number of anilines is 12. The monoisotopic (exact) mass is 998 g/mol. The van der Waals surface area contributed by atoms with Gasteiger partial charge in [0.1, 0.15) is 11.5 Å². The molecule has 0 aliphatic carbocycles. The molecule has 0 aromatic heterocycles. The van der Waals surface area contributed by atoms with Crippen molar-refractivity contribution in [3.63, 3.8) is 0 Å². The maximum atomic E-state index is 12.2. The predicted molar refractivity (Wildman–Crippen MR) is 314 cm³/mol. The third-order valence-corrected chi connectivity index (χ3v) is 13.1. The van der Waals surface area contributed by atoms with E-state index in [2.05, 4.69) is 216 Å². The zero-order chi connectivity index (χ0) is 52.6. The number of rotatable bonds is 22. The maximum Gasteiger partial charge on any atom is 0.335 e. The molecule has 9 aromatic carbocycles. The summed E-state index contributed by atoms with van der Waals surface area (Å²) in [5, 5.41) is 0. The van der Waals surface area contributed by atoms with Gasteiger partial charge in [0.2, 0.25) is 0 Å². The van der Waals surface area contributed by atoms with Crippen LogP contribution >= 0.6 is 0 Å². The van der Waals surface area contributed by atoms with E-state index in [4.69, 9.17) is 9.47 Å². The van der Waals surface area contributed by atoms with Gasteiger partial charge < -0.3 is 29.1 Å². The van der Waals surface area contributed by atoms with Crippen molar-refractivity contribution in [2.75, 3.05) is 19.6 Å². The molecule has 0 aliphatic heterocycles. The van der Waals surface area contributed by atoms with Gasteiger partial charge in [-0.15, -0.1) is 0 Å². The summed E-state index contributed by atoms with van der Waals surface area (Å²) in [4.78, 5) is 33.4. The van der Waals surface area contributed by atoms with Crippen molar-refractivity contribution in [2.24, 2.45) is 0 Å². The highest BCUT2D eigenvalue weighted by molar-refractivity contribution is 5.88. The van der Waals surface area contributed by atoms with Gasteiger partial charge in [0.15, 0.2) is 0 Å². The van der Waals surface area contributed by atoms with Gasteiger partial charge in [-0.3, -0.25) is 0 Å². The van der Waals surface area contributed by atoms with Crippen LogP contribution in [0.3, 0.4) is 0 Å². The molecular formula is C68H62N4O4. The van der Waals surface area contributed by atoms with Crippen LogP contribution in [0.5, 0.6) is 11.5 Å². The van der Waals surface area contributed by atoms with Gasteiger partial charge in [0, 0.05) is 80.4 Å². The standard InChI is InChI=1S/C68H62N4O4/c1-5-9-19-51-29-33-55(34-30-51)69(53-21-13-11-14-22-53)61-25-17-27-63(49-61)71(59-41-45-65(46-42-59)75-67(73)7-3)57-37-39-58(40-38-57)72(60-43-47-66(48-44-60)76-68(74)8-4)64-28-18-26-62(50-64)70(54-23-15-12-16-24-54)56-35-31-52(32-36-56)20-10-6-2/h7-8,11-18,21-50H,3-6,9-10,19-20H2,1-2H3. The molecule has 8 heteroatoms.